The van der Waals surface area contributed by atoms with E-state index in [4.69, 9.17) is 10.5 Å². The van der Waals surface area contributed by atoms with Gasteiger partial charge in [0.2, 0.25) is 0 Å². The molecule has 1 aliphatic carbocycles. The topological polar surface area (TPSA) is 38.5 Å². The molecule has 16 heavy (non-hydrogen) atoms. The zero-order valence-corrected chi connectivity index (χ0v) is 10.3. The summed E-state index contributed by atoms with van der Waals surface area (Å²) in [4.78, 5) is 2.67. The van der Waals surface area contributed by atoms with E-state index in [-0.39, 0.29) is 0 Å². The van der Waals surface area contributed by atoms with Crippen molar-refractivity contribution in [1.29, 1.82) is 0 Å². The third kappa shape index (κ3) is 1.69. The van der Waals surface area contributed by atoms with Crippen LogP contribution in [0.25, 0.3) is 0 Å². The van der Waals surface area contributed by atoms with Gasteiger partial charge in [-0.25, -0.2) is 0 Å². The van der Waals surface area contributed by atoms with Gasteiger partial charge in [0.1, 0.15) is 0 Å². The van der Waals surface area contributed by atoms with Crippen LogP contribution in [-0.4, -0.2) is 42.3 Å². The minimum absolute atomic E-state index is 0.310. The lowest BCUT2D eigenvalue weighted by molar-refractivity contribution is -0.0761. The molecule has 0 aromatic carbocycles. The number of fused-ring (bicyclic) bond motifs is 2. The van der Waals surface area contributed by atoms with Crippen LogP contribution in [-0.2, 0) is 4.74 Å². The maximum Gasteiger partial charge on any atom is 0.0707 e. The molecule has 4 unspecified atom stereocenters. The first-order chi connectivity index (χ1) is 7.72. The highest BCUT2D eigenvalue weighted by Crippen LogP contribution is 2.41. The molecule has 0 spiro atoms. The molecule has 0 radical (unpaired) electrons. The van der Waals surface area contributed by atoms with Crippen molar-refractivity contribution < 1.29 is 4.74 Å². The lowest BCUT2D eigenvalue weighted by Crippen LogP contribution is -2.58. The molecule has 0 aromatic heterocycles. The number of hydrogen-bond donors (Lipinski definition) is 1. The molecule has 1 saturated carbocycles. The Labute approximate surface area is 98.3 Å². The van der Waals surface area contributed by atoms with E-state index < -0.39 is 0 Å². The molecule has 2 N–H and O–H groups in total. The zero-order valence-electron chi connectivity index (χ0n) is 10.3. The fourth-order valence-corrected chi connectivity index (χ4v) is 3.97. The summed E-state index contributed by atoms with van der Waals surface area (Å²) >= 11 is 0. The monoisotopic (exact) mass is 224 g/mol. The van der Waals surface area contributed by atoms with E-state index in [1.165, 1.54) is 32.1 Å². The van der Waals surface area contributed by atoms with Crippen LogP contribution in [0.5, 0.6) is 0 Å². The van der Waals surface area contributed by atoms with Gasteiger partial charge in [-0.3, -0.25) is 4.90 Å². The van der Waals surface area contributed by atoms with Gasteiger partial charge in [0.15, 0.2) is 0 Å². The first-order valence-corrected chi connectivity index (χ1v) is 6.82. The molecule has 2 aliphatic heterocycles. The molecular formula is C13H24N2O. The quantitative estimate of drug-likeness (QED) is 0.770. The van der Waals surface area contributed by atoms with Crippen molar-refractivity contribution in [1.82, 2.24) is 4.90 Å². The first-order valence-electron chi connectivity index (χ1n) is 6.82. The van der Waals surface area contributed by atoms with E-state index in [9.17, 15) is 0 Å². The number of nitrogens with zero attached hydrogens (tertiary/aromatic N) is 1. The predicted octanol–water partition coefficient (Wildman–Crippen LogP) is 1.37. The summed E-state index contributed by atoms with van der Waals surface area (Å²) in [5.74, 6) is 0.851. The van der Waals surface area contributed by atoms with Gasteiger partial charge in [-0.1, -0.05) is 6.92 Å². The van der Waals surface area contributed by atoms with Crippen molar-refractivity contribution in [2.45, 2.75) is 56.8 Å². The van der Waals surface area contributed by atoms with E-state index in [0.717, 1.165) is 25.6 Å². The summed E-state index contributed by atoms with van der Waals surface area (Å²) in [6.45, 7) is 5.45. The largest absolute Gasteiger partial charge is 0.372 e. The van der Waals surface area contributed by atoms with Crippen LogP contribution in [0.2, 0.25) is 0 Å². The van der Waals surface area contributed by atoms with E-state index in [0.29, 0.717) is 17.7 Å². The van der Waals surface area contributed by atoms with Crippen LogP contribution in [0.3, 0.4) is 0 Å². The maximum atomic E-state index is 6.09. The second-order valence-electron chi connectivity index (χ2n) is 6.14. The Morgan fingerprint density at radius 2 is 1.94 bits per heavy atom. The number of morpholine rings is 1. The van der Waals surface area contributed by atoms with Crippen LogP contribution in [0.1, 0.15) is 39.0 Å². The standard InChI is InChI=1S/C13H24N2O/c1-10-4-5-13(6-10,9-14)15-7-11-2-3-12(8-15)16-11/h10-12H,2-9,14H2,1H3. The second kappa shape index (κ2) is 3.97. The average molecular weight is 224 g/mol. The molecular weight excluding hydrogens is 200 g/mol. The molecule has 0 aromatic rings. The minimum Gasteiger partial charge on any atom is -0.372 e. The summed E-state index contributed by atoms with van der Waals surface area (Å²) < 4.78 is 5.92. The van der Waals surface area contributed by atoms with Crippen molar-refractivity contribution in [2.75, 3.05) is 19.6 Å². The van der Waals surface area contributed by atoms with Crippen molar-refractivity contribution in [3.63, 3.8) is 0 Å². The number of likely N-dealkylation sites (tertiary alicyclic amines) is 1. The molecule has 3 heteroatoms. The third-order valence-corrected chi connectivity index (χ3v) is 4.93. The van der Waals surface area contributed by atoms with Gasteiger partial charge in [-0.05, 0) is 38.0 Å². The molecule has 3 rings (SSSR count). The highest BCUT2D eigenvalue weighted by atomic mass is 16.5. The normalized spacial score (nSPS) is 48.8. The van der Waals surface area contributed by atoms with Gasteiger partial charge < -0.3 is 10.5 Å². The van der Waals surface area contributed by atoms with Gasteiger partial charge >= 0.3 is 0 Å². The Balaban J connectivity index is 1.75. The lowest BCUT2D eigenvalue weighted by atomic mass is 9.93. The molecule has 3 aliphatic rings. The number of rotatable bonds is 2. The molecule has 92 valence electrons. The van der Waals surface area contributed by atoms with E-state index in [1.54, 1.807) is 0 Å². The van der Waals surface area contributed by atoms with E-state index in [1.807, 2.05) is 0 Å². The summed E-state index contributed by atoms with van der Waals surface area (Å²) in [6.07, 6.45) is 7.46. The van der Waals surface area contributed by atoms with Gasteiger partial charge in [-0.15, -0.1) is 0 Å². The van der Waals surface area contributed by atoms with Gasteiger partial charge in [0.25, 0.3) is 0 Å². The average Bonchev–Trinajstić information content (AvgIpc) is 2.83. The fourth-order valence-electron chi connectivity index (χ4n) is 3.97. The number of nitrogens with two attached hydrogens (primary N) is 1. The highest BCUT2D eigenvalue weighted by molar-refractivity contribution is 5.01. The van der Waals surface area contributed by atoms with Crippen LogP contribution in [0, 0.1) is 5.92 Å². The van der Waals surface area contributed by atoms with E-state index >= 15 is 0 Å². The van der Waals surface area contributed by atoms with Gasteiger partial charge in [0, 0.05) is 25.2 Å². The number of hydrogen-bond acceptors (Lipinski definition) is 3. The summed E-state index contributed by atoms with van der Waals surface area (Å²) in [5, 5.41) is 0. The molecule has 3 fully saturated rings. The molecule has 0 amide bonds. The van der Waals surface area contributed by atoms with Crippen molar-refractivity contribution in [2.24, 2.45) is 11.7 Å². The van der Waals surface area contributed by atoms with E-state index in [2.05, 4.69) is 11.8 Å². The van der Waals surface area contributed by atoms with Crippen molar-refractivity contribution in [3.05, 3.63) is 0 Å². The number of ether oxygens (including phenoxy) is 1. The van der Waals surface area contributed by atoms with Gasteiger partial charge in [-0.2, -0.15) is 0 Å². The van der Waals surface area contributed by atoms with Gasteiger partial charge in [0.05, 0.1) is 12.2 Å². The van der Waals surface area contributed by atoms with Crippen LogP contribution in [0.15, 0.2) is 0 Å². The summed E-state index contributed by atoms with van der Waals surface area (Å²) in [5.41, 5.74) is 6.40. The lowest BCUT2D eigenvalue weighted by Gasteiger charge is -2.45. The minimum atomic E-state index is 0.310. The van der Waals surface area contributed by atoms with Crippen molar-refractivity contribution >= 4 is 0 Å². The van der Waals surface area contributed by atoms with Crippen LogP contribution in [0.4, 0.5) is 0 Å². The Bertz CT molecular complexity index is 259. The molecule has 2 bridgehead atoms. The molecule has 2 heterocycles. The Morgan fingerprint density at radius 1 is 1.25 bits per heavy atom. The zero-order chi connectivity index (χ0) is 11.2. The summed E-state index contributed by atoms with van der Waals surface area (Å²) in [7, 11) is 0. The summed E-state index contributed by atoms with van der Waals surface area (Å²) in [6, 6.07) is 0. The van der Waals surface area contributed by atoms with Crippen LogP contribution < -0.4 is 5.73 Å². The Kier molecular flexibility index (Phi) is 2.73. The second-order valence-corrected chi connectivity index (χ2v) is 6.14. The molecule has 2 saturated heterocycles. The smallest absolute Gasteiger partial charge is 0.0707 e. The highest BCUT2D eigenvalue weighted by Gasteiger charge is 2.46. The maximum absolute atomic E-state index is 6.09. The van der Waals surface area contributed by atoms with Crippen molar-refractivity contribution in [3.8, 4) is 0 Å². The third-order valence-electron chi connectivity index (χ3n) is 4.93. The first kappa shape index (κ1) is 11.0. The van der Waals surface area contributed by atoms with Crippen LogP contribution >= 0.6 is 0 Å². The molecule has 4 atom stereocenters. The molecule has 3 nitrogen and oxygen atoms in total. The SMILES string of the molecule is CC1CCC(CN)(N2CC3CCC(C2)O3)C1. The Morgan fingerprint density at radius 3 is 2.44 bits per heavy atom. The predicted molar refractivity (Wildman–Crippen MR) is 64.3 cm³/mol. The Hall–Kier alpha value is -0.120. The fraction of sp³-hybridized carbons (Fsp3) is 1.00.